The van der Waals surface area contributed by atoms with Crippen molar-refractivity contribution in [2.75, 3.05) is 0 Å². The summed E-state index contributed by atoms with van der Waals surface area (Å²) in [5, 5.41) is 10.8. The number of benzene rings is 1. The third-order valence-corrected chi connectivity index (χ3v) is 4.83. The zero-order chi connectivity index (χ0) is 14.2. The van der Waals surface area contributed by atoms with E-state index in [1.54, 1.807) is 0 Å². The summed E-state index contributed by atoms with van der Waals surface area (Å²) in [6.07, 6.45) is 4.18. The largest absolute Gasteiger partial charge is 0.388 e. The molecule has 2 rings (SSSR count). The van der Waals surface area contributed by atoms with Crippen molar-refractivity contribution < 1.29 is 9.50 Å². The molecule has 0 aromatic heterocycles. The van der Waals surface area contributed by atoms with Crippen LogP contribution in [0.2, 0.25) is 0 Å². The highest BCUT2D eigenvalue weighted by Gasteiger charge is 2.38. The second-order valence-electron chi connectivity index (χ2n) is 6.74. The maximum Gasteiger partial charge on any atom is 0.123 e. The van der Waals surface area contributed by atoms with E-state index in [4.69, 9.17) is 0 Å². The number of aliphatic hydroxyl groups excluding tert-OH is 1. The van der Waals surface area contributed by atoms with E-state index in [9.17, 15) is 9.50 Å². The summed E-state index contributed by atoms with van der Waals surface area (Å²) in [7, 11) is 0. The lowest BCUT2D eigenvalue weighted by Crippen LogP contribution is -2.33. The maximum atomic E-state index is 13.4. The molecule has 1 aliphatic rings. The summed E-state index contributed by atoms with van der Waals surface area (Å²) in [5.41, 5.74) is 2.82. The summed E-state index contributed by atoms with van der Waals surface area (Å²) in [6.45, 7) is 8.28. The lowest BCUT2D eigenvalue weighted by Gasteiger charge is -2.42. The van der Waals surface area contributed by atoms with Gasteiger partial charge in [0.2, 0.25) is 0 Å². The van der Waals surface area contributed by atoms with E-state index in [-0.39, 0.29) is 17.2 Å². The molecule has 0 bridgehead atoms. The highest BCUT2D eigenvalue weighted by atomic mass is 19.1. The summed E-state index contributed by atoms with van der Waals surface area (Å²) < 4.78 is 13.4. The van der Waals surface area contributed by atoms with Crippen molar-refractivity contribution in [2.45, 2.75) is 59.5 Å². The van der Waals surface area contributed by atoms with Gasteiger partial charge in [0.1, 0.15) is 5.82 Å². The van der Waals surface area contributed by atoms with E-state index in [0.29, 0.717) is 0 Å². The highest BCUT2D eigenvalue weighted by Crippen LogP contribution is 2.47. The van der Waals surface area contributed by atoms with E-state index >= 15 is 0 Å². The summed E-state index contributed by atoms with van der Waals surface area (Å²) in [4.78, 5) is 0. The lowest BCUT2D eigenvalue weighted by molar-refractivity contribution is 0.00317. The summed E-state index contributed by atoms with van der Waals surface area (Å²) in [5.74, 6) is 0.0537. The van der Waals surface area contributed by atoms with Crippen molar-refractivity contribution in [3.8, 4) is 0 Å². The van der Waals surface area contributed by atoms with Crippen LogP contribution in [0.25, 0.3) is 0 Å². The van der Waals surface area contributed by atoms with Crippen molar-refractivity contribution in [3.63, 3.8) is 0 Å². The van der Waals surface area contributed by atoms with Gasteiger partial charge in [-0.2, -0.15) is 0 Å². The van der Waals surface area contributed by atoms with Crippen LogP contribution in [-0.4, -0.2) is 5.11 Å². The van der Waals surface area contributed by atoms with Gasteiger partial charge < -0.3 is 5.11 Å². The zero-order valence-electron chi connectivity index (χ0n) is 12.5. The van der Waals surface area contributed by atoms with Gasteiger partial charge in [-0.25, -0.2) is 4.39 Å². The van der Waals surface area contributed by atoms with Gasteiger partial charge in [-0.3, -0.25) is 0 Å². The molecule has 0 heterocycles. The molecule has 2 atom stereocenters. The summed E-state index contributed by atoms with van der Waals surface area (Å²) in [6, 6.07) is 3.06. The normalized spacial score (nSPS) is 24.2. The molecule has 1 aromatic carbocycles. The van der Waals surface area contributed by atoms with Crippen LogP contribution in [-0.2, 0) is 0 Å². The third kappa shape index (κ3) is 2.84. The molecule has 0 radical (unpaired) electrons. The number of rotatable bonds is 2. The Labute approximate surface area is 115 Å². The zero-order valence-corrected chi connectivity index (χ0v) is 12.5. The van der Waals surface area contributed by atoms with E-state index in [2.05, 4.69) is 13.8 Å². The molecular weight excluding hydrogens is 239 g/mol. The minimum atomic E-state index is -0.476. The van der Waals surface area contributed by atoms with Crippen molar-refractivity contribution in [3.05, 3.63) is 34.6 Å². The second kappa shape index (κ2) is 5.24. The minimum absolute atomic E-state index is 0.158. The fourth-order valence-electron chi connectivity index (χ4n) is 3.70. The molecule has 1 N–H and O–H groups in total. The molecular formula is C17H25FO. The Morgan fingerprint density at radius 1 is 1.21 bits per heavy atom. The first-order chi connectivity index (χ1) is 8.83. The van der Waals surface area contributed by atoms with Crippen LogP contribution in [0, 0.1) is 31.0 Å². The van der Waals surface area contributed by atoms with Gasteiger partial charge in [0, 0.05) is 0 Å². The molecule has 1 aliphatic carbocycles. The molecule has 1 nitrogen and oxygen atoms in total. The smallest absolute Gasteiger partial charge is 0.123 e. The molecule has 1 aromatic rings. The average molecular weight is 264 g/mol. The van der Waals surface area contributed by atoms with Crippen LogP contribution >= 0.6 is 0 Å². The average Bonchev–Trinajstić information content (AvgIpc) is 2.26. The van der Waals surface area contributed by atoms with Crippen molar-refractivity contribution in [1.29, 1.82) is 0 Å². The fourth-order valence-corrected chi connectivity index (χ4v) is 3.70. The SMILES string of the molecule is Cc1cc(F)cc(C)c1C(O)C1CCCCC1(C)C. The van der Waals surface area contributed by atoms with Gasteiger partial charge >= 0.3 is 0 Å². The molecule has 0 aliphatic heterocycles. The van der Waals surface area contributed by atoms with Crippen molar-refractivity contribution >= 4 is 0 Å². The molecule has 19 heavy (non-hydrogen) atoms. The molecule has 1 fully saturated rings. The predicted octanol–water partition coefficient (Wildman–Crippen LogP) is 4.69. The highest BCUT2D eigenvalue weighted by molar-refractivity contribution is 5.36. The van der Waals surface area contributed by atoms with Gasteiger partial charge in [-0.1, -0.05) is 26.7 Å². The van der Waals surface area contributed by atoms with Crippen LogP contribution in [0.3, 0.4) is 0 Å². The number of halogens is 1. The first kappa shape index (κ1) is 14.5. The van der Waals surface area contributed by atoms with E-state index in [1.165, 1.54) is 25.0 Å². The monoisotopic (exact) mass is 264 g/mol. The molecule has 0 amide bonds. The first-order valence-electron chi connectivity index (χ1n) is 7.27. The number of aliphatic hydroxyl groups is 1. The van der Waals surface area contributed by atoms with E-state index < -0.39 is 6.10 Å². The van der Waals surface area contributed by atoms with Crippen LogP contribution in [0.4, 0.5) is 4.39 Å². The number of aryl methyl sites for hydroxylation is 2. The van der Waals surface area contributed by atoms with Crippen LogP contribution in [0.15, 0.2) is 12.1 Å². The Morgan fingerprint density at radius 2 is 1.79 bits per heavy atom. The molecule has 1 saturated carbocycles. The minimum Gasteiger partial charge on any atom is -0.388 e. The fraction of sp³-hybridized carbons (Fsp3) is 0.647. The third-order valence-electron chi connectivity index (χ3n) is 4.83. The Morgan fingerprint density at radius 3 is 2.32 bits per heavy atom. The predicted molar refractivity (Wildman–Crippen MR) is 76.6 cm³/mol. The first-order valence-corrected chi connectivity index (χ1v) is 7.27. The van der Waals surface area contributed by atoms with Crippen LogP contribution < -0.4 is 0 Å². The standard InChI is InChI=1S/C17H25FO/c1-11-9-13(18)10-12(2)15(11)16(19)14-7-5-6-8-17(14,3)4/h9-10,14,16,19H,5-8H2,1-4H3. The molecule has 0 spiro atoms. The van der Waals surface area contributed by atoms with Crippen molar-refractivity contribution in [2.24, 2.45) is 11.3 Å². The van der Waals surface area contributed by atoms with Gasteiger partial charge in [-0.15, -0.1) is 0 Å². The quantitative estimate of drug-likeness (QED) is 0.821. The number of hydrogen-bond acceptors (Lipinski definition) is 1. The lowest BCUT2D eigenvalue weighted by atomic mass is 9.65. The molecule has 2 heteroatoms. The van der Waals surface area contributed by atoms with Gasteiger partial charge in [-0.05, 0) is 66.8 Å². The van der Waals surface area contributed by atoms with Gasteiger partial charge in [0.15, 0.2) is 0 Å². The van der Waals surface area contributed by atoms with Gasteiger partial charge in [0.05, 0.1) is 6.10 Å². The Balaban J connectivity index is 2.36. The Bertz CT molecular complexity index is 441. The number of hydrogen-bond donors (Lipinski definition) is 1. The van der Waals surface area contributed by atoms with Crippen LogP contribution in [0.5, 0.6) is 0 Å². The molecule has 106 valence electrons. The maximum absolute atomic E-state index is 13.4. The summed E-state index contributed by atoms with van der Waals surface area (Å²) >= 11 is 0. The second-order valence-corrected chi connectivity index (χ2v) is 6.74. The van der Waals surface area contributed by atoms with Gasteiger partial charge in [0.25, 0.3) is 0 Å². The topological polar surface area (TPSA) is 20.2 Å². The molecule has 2 unspecified atom stereocenters. The van der Waals surface area contributed by atoms with Crippen LogP contribution in [0.1, 0.15) is 62.3 Å². The Kier molecular flexibility index (Phi) is 4.00. The van der Waals surface area contributed by atoms with E-state index in [0.717, 1.165) is 29.5 Å². The molecule has 0 saturated heterocycles. The van der Waals surface area contributed by atoms with E-state index in [1.807, 2.05) is 13.8 Å². The Hall–Kier alpha value is -0.890. The van der Waals surface area contributed by atoms with Crippen molar-refractivity contribution in [1.82, 2.24) is 0 Å².